The molecule has 2 aromatic rings. The summed E-state index contributed by atoms with van der Waals surface area (Å²) >= 11 is 0. The second-order valence-electron chi connectivity index (χ2n) is 12.1. The summed E-state index contributed by atoms with van der Waals surface area (Å²) in [6, 6.07) is 12.9. The first-order valence-electron chi connectivity index (χ1n) is 14.5. The van der Waals surface area contributed by atoms with Crippen LogP contribution in [0.5, 0.6) is 0 Å². The van der Waals surface area contributed by atoms with Crippen molar-refractivity contribution in [2.45, 2.75) is 56.7 Å². The highest BCUT2D eigenvalue weighted by molar-refractivity contribution is 6.05. The van der Waals surface area contributed by atoms with Crippen LogP contribution in [-0.4, -0.2) is 76.5 Å². The van der Waals surface area contributed by atoms with E-state index in [1.807, 2.05) is 30.3 Å². The molecule has 41 heavy (non-hydrogen) atoms. The number of piperidine rings is 3. The number of rotatable bonds is 5. The van der Waals surface area contributed by atoms with E-state index in [1.165, 1.54) is 5.56 Å². The first kappa shape index (κ1) is 26.3. The normalized spacial score (nSPS) is 27.6. The number of imide groups is 1. The van der Waals surface area contributed by atoms with Gasteiger partial charge in [0.15, 0.2) is 0 Å². The van der Waals surface area contributed by atoms with Crippen molar-refractivity contribution in [3.05, 3.63) is 70.3 Å². The fourth-order valence-corrected chi connectivity index (χ4v) is 7.22. The van der Waals surface area contributed by atoms with Crippen LogP contribution in [0, 0.1) is 11.8 Å². The third-order valence-corrected chi connectivity index (χ3v) is 9.73. The van der Waals surface area contributed by atoms with Crippen molar-refractivity contribution in [1.82, 2.24) is 20.0 Å². The van der Waals surface area contributed by atoms with Crippen molar-refractivity contribution in [2.24, 2.45) is 11.8 Å². The zero-order valence-electron chi connectivity index (χ0n) is 22.7. The lowest BCUT2D eigenvalue weighted by Gasteiger charge is -2.33. The maximum atomic E-state index is 13.6. The van der Waals surface area contributed by atoms with E-state index >= 15 is 0 Å². The van der Waals surface area contributed by atoms with Gasteiger partial charge in [0, 0.05) is 43.7 Å². The number of halogens is 2. The minimum atomic E-state index is -2.61. The third-order valence-electron chi connectivity index (χ3n) is 9.73. The van der Waals surface area contributed by atoms with Gasteiger partial charge in [-0.05, 0) is 67.1 Å². The van der Waals surface area contributed by atoms with Crippen LogP contribution < -0.4 is 5.32 Å². The molecule has 10 heteroatoms. The summed E-state index contributed by atoms with van der Waals surface area (Å²) in [5, 5.41) is 2.34. The molecule has 1 aliphatic carbocycles. The number of nitrogens with one attached hydrogen (secondary N) is 1. The third kappa shape index (κ3) is 4.52. The Morgan fingerprint density at radius 1 is 0.976 bits per heavy atom. The van der Waals surface area contributed by atoms with E-state index in [4.69, 9.17) is 0 Å². The number of fused-ring (bicyclic) bond motifs is 2. The summed E-state index contributed by atoms with van der Waals surface area (Å²) in [5.41, 5.74) is 4.25. The lowest BCUT2D eigenvalue weighted by Crippen LogP contribution is -2.52. The van der Waals surface area contributed by atoms with Crippen molar-refractivity contribution in [3.63, 3.8) is 0 Å². The molecule has 4 aliphatic heterocycles. The van der Waals surface area contributed by atoms with E-state index in [0.29, 0.717) is 36.6 Å². The molecule has 3 atom stereocenters. The van der Waals surface area contributed by atoms with Crippen LogP contribution in [0.4, 0.5) is 8.78 Å². The highest BCUT2D eigenvalue weighted by Gasteiger charge is 2.72. The lowest BCUT2D eigenvalue weighted by molar-refractivity contribution is -0.136. The molecule has 7 rings (SSSR count). The van der Waals surface area contributed by atoms with E-state index in [9.17, 15) is 28.0 Å². The highest BCUT2D eigenvalue weighted by Crippen LogP contribution is 2.59. The molecule has 4 fully saturated rings. The van der Waals surface area contributed by atoms with Crippen molar-refractivity contribution in [3.8, 4) is 0 Å². The fraction of sp³-hybridized carbons (Fsp3) is 0.484. The van der Waals surface area contributed by atoms with Crippen LogP contribution in [0.1, 0.15) is 69.0 Å². The Hall–Kier alpha value is -3.66. The number of likely N-dealkylation sites (tertiary alicyclic amines) is 2. The number of carbonyl (C=O) groups excluding carboxylic acids is 4. The Bertz CT molecular complexity index is 1440. The first-order valence-corrected chi connectivity index (χ1v) is 14.5. The molecule has 4 amide bonds. The average molecular weight is 563 g/mol. The minimum absolute atomic E-state index is 0.133. The van der Waals surface area contributed by atoms with E-state index < -0.39 is 29.7 Å². The van der Waals surface area contributed by atoms with Gasteiger partial charge in [0.2, 0.25) is 11.8 Å². The molecule has 3 unspecified atom stereocenters. The minimum Gasteiger partial charge on any atom is -0.338 e. The second kappa shape index (κ2) is 9.72. The van der Waals surface area contributed by atoms with Gasteiger partial charge in [-0.1, -0.05) is 30.3 Å². The Morgan fingerprint density at radius 3 is 2.44 bits per heavy atom. The Morgan fingerprint density at radius 2 is 1.71 bits per heavy atom. The molecular formula is C31H32F2N4O4. The van der Waals surface area contributed by atoms with Crippen LogP contribution in [0.25, 0.3) is 0 Å². The molecule has 8 nitrogen and oxygen atoms in total. The van der Waals surface area contributed by atoms with E-state index in [-0.39, 0.29) is 37.2 Å². The monoisotopic (exact) mass is 562 g/mol. The summed E-state index contributed by atoms with van der Waals surface area (Å²) in [5.74, 6) is -4.66. The molecular weight excluding hydrogens is 530 g/mol. The SMILES string of the molecule is O=C1CCC(N2Cc3cc(C4CCN(Cc5ccccc5C(=O)N5CC6C(C5)C6(F)F)CC4)ccc3C2=O)C(=O)N1. The van der Waals surface area contributed by atoms with Crippen molar-refractivity contribution >= 4 is 23.6 Å². The molecule has 3 saturated heterocycles. The van der Waals surface area contributed by atoms with Crippen LogP contribution in [0.3, 0.4) is 0 Å². The maximum Gasteiger partial charge on any atom is 0.258 e. The summed E-state index contributed by atoms with van der Waals surface area (Å²) in [4.78, 5) is 55.6. The molecule has 4 heterocycles. The van der Waals surface area contributed by atoms with Gasteiger partial charge in [0.05, 0.1) is 11.8 Å². The summed E-state index contributed by atoms with van der Waals surface area (Å²) in [6.07, 6.45) is 2.45. The number of hydrogen-bond acceptors (Lipinski definition) is 5. The van der Waals surface area contributed by atoms with Gasteiger partial charge in [-0.15, -0.1) is 0 Å². The largest absolute Gasteiger partial charge is 0.338 e. The van der Waals surface area contributed by atoms with Gasteiger partial charge in [-0.2, -0.15) is 0 Å². The summed E-state index contributed by atoms with van der Waals surface area (Å²) in [6.45, 7) is 2.97. The standard InChI is InChI=1S/C31H32F2N4O4/c32-31(33)24-16-36(17-25(24)31)29(40)22-4-2-1-3-20(22)14-35-11-9-18(10-12-35)19-5-6-23-21(13-19)15-37(30(23)41)26-7-8-27(38)34-28(26)39/h1-6,13,18,24-26H,7-12,14-17H2,(H,34,38,39). The number of alkyl halides is 2. The van der Waals surface area contributed by atoms with E-state index in [1.54, 1.807) is 15.9 Å². The maximum absolute atomic E-state index is 13.6. The topological polar surface area (TPSA) is 90.0 Å². The fourth-order valence-electron chi connectivity index (χ4n) is 7.22. The quantitative estimate of drug-likeness (QED) is 0.566. The van der Waals surface area contributed by atoms with Crippen LogP contribution in [0.2, 0.25) is 0 Å². The Labute approximate surface area is 236 Å². The number of amides is 4. The zero-order valence-corrected chi connectivity index (χ0v) is 22.7. The van der Waals surface area contributed by atoms with Crippen molar-refractivity contribution < 1.29 is 28.0 Å². The van der Waals surface area contributed by atoms with Crippen LogP contribution >= 0.6 is 0 Å². The van der Waals surface area contributed by atoms with Gasteiger partial charge in [-0.25, -0.2) is 8.78 Å². The molecule has 0 aromatic heterocycles. The van der Waals surface area contributed by atoms with Crippen LogP contribution in [-0.2, 0) is 22.7 Å². The molecule has 2 aromatic carbocycles. The van der Waals surface area contributed by atoms with Gasteiger partial charge in [0.1, 0.15) is 6.04 Å². The predicted octanol–water partition coefficient (Wildman–Crippen LogP) is 3.16. The molecule has 5 aliphatic rings. The molecule has 1 N–H and O–H groups in total. The molecule has 0 spiro atoms. The van der Waals surface area contributed by atoms with Gasteiger partial charge in [0.25, 0.3) is 17.7 Å². The molecule has 0 bridgehead atoms. The predicted molar refractivity (Wildman–Crippen MR) is 144 cm³/mol. The average Bonchev–Trinajstić information content (AvgIpc) is 3.30. The highest BCUT2D eigenvalue weighted by atomic mass is 19.3. The smallest absolute Gasteiger partial charge is 0.258 e. The first-order chi connectivity index (χ1) is 19.7. The van der Waals surface area contributed by atoms with Gasteiger partial charge < -0.3 is 9.80 Å². The molecule has 214 valence electrons. The van der Waals surface area contributed by atoms with Crippen molar-refractivity contribution in [1.29, 1.82) is 0 Å². The Balaban J connectivity index is 0.972. The number of benzene rings is 2. The van der Waals surface area contributed by atoms with Crippen LogP contribution in [0.15, 0.2) is 42.5 Å². The second-order valence-corrected chi connectivity index (χ2v) is 12.1. The molecule has 0 radical (unpaired) electrons. The van der Waals surface area contributed by atoms with Gasteiger partial charge in [-0.3, -0.25) is 29.4 Å². The number of nitrogens with zero attached hydrogens (tertiary/aromatic N) is 3. The van der Waals surface area contributed by atoms with Crippen molar-refractivity contribution in [2.75, 3.05) is 26.2 Å². The Kier molecular flexibility index (Phi) is 6.22. The number of carbonyl (C=O) groups is 4. The lowest BCUT2D eigenvalue weighted by atomic mass is 9.87. The van der Waals surface area contributed by atoms with E-state index in [0.717, 1.165) is 37.1 Å². The summed E-state index contributed by atoms with van der Waals surface area (Å²) < 4.78 is 27.3. The molecule has 1 saturated carbocycles. The summed E-state index contributed by atoms with van der Waals surface area (Å²) in [7, 11) is 0. The zero-order chi connectivity index (χ0) is 28.5. The number of hydrogen-bond donors (Lipinski definition) is 1. The van der Waals surface area contributed by atoms with Gasteiger partial charge >= 0.3 is 0 Å². The van der Waals surface area contributed by atoms with E-state index in [2.05, 4.69) is 16.3 Å².